The molecule has 1 aliphatic heterocycles. The zero-order chi connectivity index (χ0) is 9.80. The Balaban J connectivity index is 2.26. The van der Waals surface area contributed by atoms with Crippen LogP contribution >= 0.6 is 0 Å². The lowest BCUT2D eigenvalue weighted by Crippen LogP contribution is -1.99. The van der Waals surface area contributed by atoms with Crippen molar-refractivity contribution >= 4 is 0 Å². The van der Waals surface area contributed by atoms with Crippen LogP contribution in [0.4, 0.5) is 0 Å². The minimum absolute atomic E-state index is 0.206. The third-order valence-corrected chi connectivity index (χ3v) is 2.30. The second-order valence-electron chi connectivity index (χ2n) is 3.26. The third-order valence-electron chi connectivity index (χ3n) is 2.30. The number of hydrogen-bond donors (Lipinski definition) is 0. The van der Waals surface area contributed by atoms with E-state index in [0.717, 1.165) is 24.3 Å². The standard InChI is InChI=1S/C11H14N2O/c1-2-14-11-6-4-3-5-9(11)10-7-8-12-13-10/h3-6,10H,2,7-8H2,1H3. The van der Waals surface area contributed by atoms with E-state index in [1.807, 2.05) is 25.1 Å². The fraction of sp³-hybridized carbons (Fsp3) is 0.455. The minimum Gasteiger partial charge on any atom is -0.494 e. The first kappa shape index (κ1) is 9.19. The molecule has 0 spiro atoms. The molecule has 0 aromatic heterocycles. The van der Waals surface area contributed by atoms with E-state index >= 15 is 0 Å². The molecule has 0 N–H and O–H groups in total. The van der Waals surface area contributed by atoms with Crippen LogP contribution in [0, 0.1) is 0 Å². The number of hydrogen-bond acceptors (Lipinski definition) is 3. The summed E-state index contributed by atoms with van der Waals surface area (Å²) in [6, 6.07) is 8.27. The molecule has 1 atom stereocenters. The molecule has 1 aromatic carbocycles. The number of nitrogens with zero attached hydrogens (tertiary/aromatic N) is 2. The van der Waals surface area contributed by atoms with Crippen LogP contribution in [0.25, 0.3) is 0 Å². The van der Waals surface area contributed by atoms with Crippen molar-refractivity contribution in [3.05, 3.63) is 29.8 Å². The summed E-state index contributed by atoms with van der Waals surface area (Å²) in [6.07, 6.45) is 1.00. The highest BCUT2D eigenvalue weighted by molar-refractivity contribution is 5.36. The molecule has 1 unspecified atom stereocenters. The van der Waals surface area contributed by atoms with Gasteiger partial charge in [-0.3, -0.25) is 0 Å². The quantitative estimate of drug-likeness (QED) is 0.721. The number of ether oxygens (including phenoxy) is 1. The summed E-state index contributed by atoms with van der Waals surface area (Å²) >= 11 is 0. The van der Waals surface area contributed by atoms with Crippen molar-refractivity contribution in [2.24, 2.45) is 10.2 Å². The molecule has 0 amide bonds. The molecule has 1 aliphatic rings. The summed E-state index contributed by atoms with van der Waals surface area (Å²) in [5, 5.41) is 8.21. The first-order valence-corrected chi connectivity index (χ1v) is 5.00. The molecule has 14 heavy (non-hydrogen) atoms. The van der Waals surface area contributed by atoms with Gasteiger partial charge in [0.1, 0.15) is 11.8 Å². The topological polar surface area (TPSA) is 34.0 Å². The molecule has 0 bridgehead atoms. The zero-order valence-electron chi connectivity index (χ0n) is 8.31. The molecule has 0 aliphatic carbocycles. The average molecular weight is 190 g/mol. The molecule has 3 heteroatoms. The molecule has 1 aromatic rings. The highest BCUT2D eigenvalue weighted by Gasteiger charge is 2.18. The maximum absolute atomic E-state index is 5.55. The Kier molecular flexibility index (Phi) is 2.77. The number of rotatable bonds is 3. The molecule has 74 valence electrons. The van der Waals surface area contributed by atoms with Gasteiger partial charge in [0.15, 0.2) is 0 Å². The van der Waals surface area contributed by atoms with Crippen molar-refractivity contribution in [2.45, 2.75) is 19.4 Å². The van der Waals surface area contributed by atoms with E-state index in [4.69, 9.17) is 4.74 Å². The van der Waals surface area contributed by atoms with E-state index < -0.39 is 0 Å². The van der Waals surface area contributed by atoms with Crippen LogP contribution in [0.1, 0.15) is 24.9 Å². The first-order valence-electron chi connectivity index (χ1n) is 5.00. The van der Waals surface area contributed by atoms with Gasteiger partial charge < -0.3 is 4.74 Å². The van der Waals surface area contributed by atoms with Crippen LogP contribution in [0.5, 0.6) is 5.75 Å². The van der Waals surface area contributed by atoms with E-state index in [1.54, 1.807) is 0 Å². The second kappa shape index (κ2) is 4.22. The molecular formula is C11H14N2O. The Morgan fingerprint density at radius 2 is 2.29 bits per heavy atom. The molecule has 0 radical (unpaired) electrons. The third kappa shape index (κ3) is 1.76. The maximum Gasteiger partial charge on any atom is 0.124 e. The number of azo groups is 1. The summed E-state index contributed by atoms with van der Waals surface area (Å²) < 4.78 is 5.55. The van der Waals surface area contributed by atoms with Gasteiger partial charge in [0.2, 0.25) is 0 Å². The van der Waals surface area contributed by atoms with Gasteiger partial charge in [0, 0.05) is 5.56 Å². The Labute approximate surface area is 83.8 Å². The van der Waals surface area contributed by atoms with Gasteiger partial charge in [-0.25, -0.2) is 0 Å². The van der Waals surface area contributed by atoms with Crippen LogP contribution in [-0.2, 0) is 0 Å². The fourth-order valence-corrected chi connectivity index (χ4v) is 1.65. The molecule has 3 nitrogen and oxygen atoms in total. The van der Waals surface area contributed by atoms with Crippen molar-refractivity contribution in [1.82, 2.24) is 0 Å². The van der Waals surface area contributed by atoms with Crippen molar-refractivity contribution in [3.8, 4) is 5.75 Å². The van der Waals surface area contributed by atoms with Gasteiger partial charge in [-0.15, -0.1) is 0 Å². The van der Waals surface area contributed by atoms with E-state index in [9.17, 15) is 0 Å². The Bertz CT molecular complexity index is 336. The fourth-order valence-electron chi connectivity index (χ4n) is 1.65. The van der Waals surface area contributed by atoms with Crippen LogP contribution in [0.2, 0.25) is 0 Å². The zero-order valence-corrected chi connectivity index (χ0v) is 8.31. The Hall–Kier alpha value is -1.38. The van der Waals surface area contributed by atoms with Crippen molar-refractivity contribution in [2.75, 3.05) is 13.2 Å². The predicted molar refractivity (Wildman–Crippen MR) is 54.7 cm³/mol. The monoisotopic (exact) mass is 190 g/mol. The largest absolute Gasteiger partial charge is 0.494 e. The Morgan fingerprint density at radius 1 is 1.43 bits per heavy atom. The van der Waals surface area contributed by atoms with Gasteiger partial charge in [0.25, 0.3) is 0 Å². The van der Waals surface area contributed by atoms with Gasteiger partial charge in [-0.1, -0.05) is 18.2 Å². The first-order chi connectivity index (χ1) is 6.92. The highest BCUT2D eigenvalue weighted by atomic mass is 16.5. The Morgan fingerprint density at radius 3 is 3.00 bits per heavy atom. The van der Waals surface area contributed by atoms with E-state index in [0.29, 0.717) is 6.61 Å². The van der Waals surface area contributed by atoms with E-state index in [2.05, 4.69) is 16.3 Å². The van der Waals surface area contributed by atoms with Gasteiger partial charge in [-0.2, -0.15) is 10.2 Å². The van der Waals surface area contributed by atoms with Crippen molar-refractivity contribution < 1.29 is 4.74 Å². The smallest absolute Gasteiger partial charge is 0.124 e. The number of para-hydroxylation sites is 1. The SMILES string of the molecule is CCOc1ccccc1C1CCN=N1. The molecule has 2 rings (SSSR count). The van der Waals surface area contributed by atoms with Crippen LogP contribution in [-0.4, -0.2) is 13.2 Å². The summed E-state index contributed by atoms with van der Waals surface area (Å²) in [5.74, 6) is 0.945. The van der Waals surface area contributed by atoms with Crippen molar-refractivity contribution in [1.29, 1.82) is 0 Å². The lowest BCUT2D eigenvalue weighted by Gasteiger charge is -2.12. The second-order valence-corrected chi connectivity index (χ2v) is 3.26. The van der Waals surface area contributed by atoms with Crippen LogP contribution in [0.3, 0.4) is 0 Å². The molecule has 1 heterocycles. The molecule has 0 fully saturated rings. The lowest BCUT2D eigenvalue weighted by atomic mass is 10.0. The predicted octanol–water partition coefficient (Wildman–Crippen LogP) is 2.98. The van der Waals surface area contributed by atoms with Gasteiger partial charge in [-0.05, 0) is 19.4 Å². The van der Waals surface area contributed by atoms with Crippen molar-refractivity contribution in [3.63, 3.8) is 0 Å². The summed E-state index contributed by atoms with van der Waals surface area (Å²) in [4.78, 5) is 0. The average Bonchev–Trinajstić information content (AvgIpc) is 2.72. The summed E-state index contributed by atoms with van der Waals surface area (Å²) in [6.45, 7) is 3.53. The number of benzene rings is 1. The summed E-state index contributed by atoms with van der Waals surface area (Å²) in [5.41, 5.74) is 1.16. The molecule has 0 saturated carbocycles. The normalized spacial score (nSPS) is 19.9. The van der Waals surface area contributed by atoms with Crippen LogP contribution in [0.15, 0.2) is 34.5 Å². The van der Waals surface area contributed by atoms with Gasteiger partial charge in [0.05, 0.1) is 13.2 Å². The maximum atomic E-state index is 5.55. The van der Waals surface area contributed by atoms with Gasteiger partial charge >= 0.3 is 0 Å². The highest BCUT2D eigenvalue weighted by Crippen LogP contribution is 2.32. The minimum atomic E-state index is 0.206. The molecule has 0 saturated heterocycles. The van der Waals surface area contributed by atoms with Crippen LogP contribution < -0.4 is 4.74 Å². The molecular weight excluding hydrogens is 176 g/mol. The summed E-state index contributed by atoms with van der Waals surface area (Å²) in [7, 11) is 0. The van der Waals surface area contributed by atoms with E-state index in [1.165, 1.54) is 0 Å². The van der Waals surface area contributed by atoms with E-state index in [-0.39, 0.29) is 6.04 Å². The lowest BCUT2D eigenvalue weighted by molar-refractivity contribution is 0.334.